The molecule has 21 rings (SSSR count). The van der Waals surface area contributed by atoms with Gasteiger partial charge in [-0.1, -0.05) is 111 Å². The van der Waals surface area contributed by atoms with Gasteiger partial charge in [0.15, 0.2) is 46.1 Å². The number of carbonyl (C=O) groups is 4. The largest absolute Gasteiger partial charge is 0.481 e. The molecule has 12 aromatic heterocycles. The summed E-state index contributed by atoms with van der Waals surface area (Å²) >= 11 is 0. The summed E-state index contributed by atoms with van der Waals surface area (Å²) in [4.78, 5) is 124. The van der Waals surface area contributed by atoms with E-state index >= 15 is 0 Å². The number of anilines is 4. The number of ether oxygens (including phenoxy) is 3. The summed E-state index contributed by atoms with van der Waals surface area (Å²) in [6, 6.07) is 40.8. The molecule has 16 aromatic rings. The number of pyridine rings is 4. The highest BCUT2D eigenvalue weighted by atomic mass is 19.4. The van der Waals surface area contributed by atoms with Gasteiger partial charge in [0.05, 0.1) is 94.7 Å². The number of imidazole rings is 4. The van der Waals surface area contributed by atoms with Crippen LogP contribution in [0.3, 0.4) is 0 Å². The van der Waals surface area contributed by atoms with Crippen molar-refractivity contribution in [2.45, 2.75) is 142 Å². The highest BCUT2D eigenvalue weighted by Crippen LogP contribution is 2.45. The molecule has 31 nitrogen and oxygen atoms in total. The van der Waals surface area contributed by atoms with Crippen LogP contribution in [0, 0.1) is 18.8 Å². The van der Waals surface area contributed by atoms with Gasteiger partial charge in [0.1, 0.15) is 46.6 Å². The summed E-state index contributed by atoms with van der Waals surface area (Å²) in [6.45, 7) is 10.4. The third-order valence-electron chi connectivity index (χ3n) is 24.5. The molecule has 16 heterocycles. The van der Waals surface area contributed by atoms with Gasteiger partial charge in [0.2, 0.25) is 53.2 Å². The topological polar surface area (TPSA) is 335 Å². The smallest absolute Gasteiger partial charge is 0.434 e. The predicted octanol–water partition coefficient (Wildman–Crippen LogP) is 19.5. The molecule has 0 spiro atoms. The number of aryl methyl sites for hydroxylation is 4. The van der Waals surface area contributed by atoms with Crippen LogP contribution in [0.2, 0.25) is 0 Å². The summed E-state index contributed by atoms with van der Waals surface area (Å²) in [5, 5.41) is 0. The molecule has 5 aliphatic rings. The van der Waals surface area contributed by atoms with Gasteiger partial charge in [0, 0.05) is 157 Å². The van der Waals surface area contributed by atoms with Gasteiger partial charge >= 0.3 is 24.7 Å². The monoisotopic (exact) mass is 2040 g/mol. The third kappa shape index (κ3) is 21.7. The molecule has 4 amide bonds. The minimum absolute atomic E-state index is 0.0527. The molecule has 4 aliphatic heterocycles. The molecule has 0 N–H and O–H groups in total. The van der Waals surface area contributed by atoms with Crippen LogP contribution < -0.4 is 33.8 Å². The van der Waals surface area contributed by atoms with Crippen molar-refractivity contribution >= 4 is 46.9 Å². The van der Waals surface area contributed by atoms with Gasteiger partial charge in [0.25, 0.3) is 0 Å². The van der Waals surface area contributed by atoms with Crippen LogP contribution in [-0.2, 0) is 117 Å². The molecule has 0 unspecified atom stereocenters. The van der Waals surface area contributed by atoms with Gasteiger partial charge in [-0.25, -0.2) is 64.8 Å². The van der Waals surface area contributed by atoms with E-state index in [1.54, 1.807) is 145 Å². The number of methoxy groups -OCH3 is 2. The zero-order valence-corrected chi connectivity index (χ0v) is 80.2. The number of rotatable bonds is 22. The molecule has 1 saturated carbocycles. The Kier molecular flexibility index (Phi) is 27.6. The van der Waals surface area contributed by atoms with E-state index in [4.69, 9.17) is 19.2 Å². The number of amides is 4. The normalized spacial score (nSPS) is 13.9. The maximum atomic E-state index is 14.7. The zero-order valence-electron chi connectivity index (χ0n) is 80.2. The fraction of sp³-hybridized carbons (Fsp3) is 0.262. The minimum Gasteiger partial charge on any atom is -0.481 e. The Labute approximate surface area is 833 Å². The van der Waals surface area contributed by atoms with Crippen LogP contribution in [0.5, 0.6) is 17.6 Å². The van der Waals surface area contributed by atoms with Crippen molar-refractivity contribution in [3.63, 3.8) is 0 Å². The molecular formula is C103H86F14N24O7. The number of carbonyl (C=O) groups excluding carboxylic acids is 4. The Hall–Kier alpha value is -17.1. The van der Waals surface area contributed by atoms with E-state index < -0.39 is 59.4 Å². The molecule has 758 valence electrons. The van der Waals surface area contributed by atoms with Crippen LogP contribution in [0.4, 0.5) is 84.7 Å². The first-order valence-electron chi connectivity index (χ1n) is 46.0. The molecule has 0 radical (unpaired) electrons. The van der Waals surface area contributed by atoms with Crippen molar-refractivity contribution in [2.75, 3.05) is 33.8 Å². The lowest BCUT2D eigenvalue weighted by atomic mass is 10.0. The van der Waals surface area contributed by atoms with Crippen LogP contribution in [-0.4, -0.2) is 142 Å². The maximum Gasteiger partial charge on any atom is 0.434 e. The van der Waals surface area contributed by atoms with Crippen molar-refractivity contribution in [2.24, 2.45) is 21.1 Å². The van der Waals surface area contributed by atoms with Gasteiger partial charge < -0.3 is 32.5 Å². The fourth-order valence-corrected chi connectivity index (χ4v) is 17.0. The van der Waals surface area contributed by atoms with E-state index in [-0.39, 0.29) is 146 Å². The highest BCUT2D eigenvalue weighted by molar-refractivity contribution is 6.03. The van der Waals surface area contributed by atoms with Crippen molar-refractivity contribution in [3.8, 4) is 109 Å². The second kappa shape index (κ2) is 40.5. The molecule has 0 bridgehead atoms. The van der Waals surface area contributed by atoms with Crippen molar-refractivity contribution in [1.29, 1.82) is 0 Å². The lowest BCUT2D eigenvalue weighted by Gasteiger charge is -2.18. The average Bonchev–Trinajstić information content (AvgIpc) is 1.62. The van der Waals surface area contributed by atoms with E-state index in [1.165, 1.54) is 88.4 Å². The Morgan fingerprint density at radius 1 is 0.351 bits per heavy atom. The standard InChI is InChI=1S/C28H25F3N6O.C26H22F4N6O2.C25H21F3N6O2.C24H18F4N6O2/c1-16(2)24-21(4-3-11-32-24)25-33-13-19-12-23(38)37(27(19)35-25)14-17-5-7-18(8-6-17)26-34-22(28(29,30)31)15-36(26)20-9-10-20;1-14(2)38-20-9-8-18(22(27)33-20)23-31-11-17-10-21(37)36(25(17)34-23)12-15-4-6-16(7-5-15)24-32-19(13-35(24)3)26(28,29)30;1-14-18(8-9-20(30-14)36-3)22-29-11-17-10-21(35)34(24(17)32-22)12-15-4-6-16(7-5-15)23-31-19(13-33(23)2)25(26,27)28;1-33-12-17(24(26,27)28)30-22(33)14-5-3-13(4-6-14)11-34-19(35)9-15-10-29-21(32-23(15)34)16-7-8-18(36-2)31-20(16)25/h3-8,11,13,15-16,20H,9-10,12,14H2,1-2H3;4-9,11,13-14H,10,12H2,1-3H3;4-9,11,13H,10,12H2,1-3H3;3-8,10,12H,9,11H2,1-2H3. The quantitative estimate of drug-likeness (QED) is 0.0449. The van der Waals surface area contributed by atoms with E-state index in [2.05, 4.69) is 88.6 Å². The molecule has 0 saturated heterocycles. The number of aromatic nitrogens is 20. The SMILES string of the molecule is CC(C)Oc1ccc(-c2ncc3c(n2)N(Cc2ccc(-c4nc(C(F)(F)F)cn4C)cc2)C(=O)C3)c(F)n1.CC(C)c1ncccc1-c1ncc2c(n1)N(Cc1ccc(-c3nc(C(F)(F)F)cn3C3CC3)cc1)C(=O)C2.COc1ccc(-c2ncc3c(n2)N(Cc2ccc(-c4nc(C(F)(F)F)cn4C)cc2)C(=O)C3)c(C)n1.COc1ccc(-c2ncc3c(n2)N(Cc2ccc(-c4nc(C(F)(F)F)cn4C)cc2)C(=O)C3)c(F)n1. The second-order valence-corrected chi connectivity index (χ2v) is 35.8. The van der Waals surface area contributed by atoms with Crippen LogP contribution in [0.15, 0.2) is 201 Å². The molecular weight excluding hydrogens is 1950 g/mol. The van der Waals surface area contributed by atoms with Crippen molar-refractivity contribution in [3.05, 3.63) is 292 Å². The Balaban J connectivity index is 0.000000129. The number of nitrogens with zero attached hydrogens (tertiary/aromatic N) is 24. The Morgan fingerprint density at radius 2 is 0.655 bits per heavy atom. The summed E-state index contributed by atoms with van der Waals surface area (Å²) < 4.78 is 207. The van der Waals surface area contributed by atoms with Crippen molar-refractivity contribution in [1.82, 2.24) is 98.0 Å². The molecule has 1 fully saturated rings. The van der Waals surface area contributed by atoms with Gasteiger partial charge in [-0.15, -0.1) is 0 Å². The Morgan fingerprint density at radius 3 is 0.966 bits per heavy atom. The summed E-state index contributed by atoms with van der Waals surface area (Å²) in [5.41, 5.74) is 7.44. The number of halogens is 14. The number of hydrogen-bond donors (Lipinski definition) is 0. The van der Waals surface area contributed by atoms with E-state index in [0.717, 1.165) is 87.8 Å². The third-order valence-corrected chi connectivity index (χ3v) is 24.5. The van der Waals surface area contributed by atoms with Crippen LogP contribution >= 0.6 is 0 Å². The first kappa shape index (κ1) is 101. The van der Waals surface area contributed by atoms with Gasteiger partial charge in [-0.2, -0.15) is 71.4 Å². The summed E-state index contributed by atoms with van der Waals surface area (Å²) in [6.07, 6.45) is -3.94. The highest BCUT2D eigenvalue weighted by Gasteiger charge is 2.42. The molecule has 0 atom stereocenters. The molecule has 148 heavy (non-hydrogen) atoms. The molecule has 1 aliphatic carbocycles. The lowest BCUT2D eigenvalue weighted by molar-refractivity contribution is -0.141. The predicted molar refractivity (Wildman–Crippen MR) is 510 cm³/mol. The minimum atomic E-state index is -4.54. The average molecular weight is 2040 g/mol. The van der Waals surface area contributed by atoms with Crippen LogP contribution in [0.1, 0.15) is 131 Å². The van der Waals surface area contributed by atoms with E-state index in [0.29, 0.717) is 85.7 Å². The molecule has 4 aromatic carbocycles. The summed E-state index contributed by atoms with van der Waals surface area (Å²) in [5.74, 6) is 2.54. The van der Waals surface area contributed by atoms with E-state index in [1.807, 2.05) is 37.3 Å². The number of hydrogen-bond acceptors (Lipinski definition) is 23. The lowest BCUT2D eigenvalue weighted by Crippen LogP contribution is -2.26. The van der Waals surface area contributed by atoms with E-state index in [9.17, 15) is 80.6 Å². The zero-order chi connectivity index (χ0) is 105. The first-order chi connectivity index (χ1) is 70.4. The number of benzene rings is 4. The van der Waals surface area contributed by atoms with Crippen molar-refractivity contribution < 1.29 is 94.9 Å². The van der Waals surface area contributed by atoms with Gasteiger partial charge in [-0.3, -0.25) is 43.8 Å². The Bertz CT molecular complexity index is 7560. The van der Waals surface area contributed by atoms with Gasteiger partial charge in [-0.05, 0) is 92.1 Å². The maximum absolute atomic E-state index is 14.7. The second-order valence-electron chi connectivity index (χ2n) is 35.8. The molecule has 45 heteroatoms. The number of alkyl halides is 12. The summed E-state index contributed by atoms with van der Waals surface area (Å²) in [7, 11) is 7.41. The van der Waals surface area contributed by atoms with Crippen LogP contribution in [0.25, 0.3) is 91.1 Å². The number of fused-ring (bicyclic) bond motifs is 4. The first-order valence-corrected chi connectivity index (χ1v) is 46.0. The fourth-order valence-electron chi connectivity index (χ4n) is 17.0.